The summed E-state index contributed by atoms with van der Waals surface area (Å²) in [5.41, 5.74) is 8.34. The van der Waals surface area contributed by atoms with Crippen molar-refractivity contribution in [3.8, 4) is 6.07 Å². The molecule has 0 aromatic carbocycles. The molecule has 0 spiro atoms. The lowest BCUT2D eigenvalue weighted by Gasteiger charge is -2.16. The first-order valence-corrected chi connectivity index (χ1v) is 5.05. The summed E-state index contributed by atoms with van der Waals surface area (Å²) in [6.07, 6.45) is 1.88. The second-order valence-corrected chi connectivity index (χ2v) is 3.52. The van der Waals surface area contributed by atoms with Crippen LogP contribution in [0.25, 0.3) is 0 Å². The van der Waals surface area contributed by atoms with Crippen LogP contribution in [0.4, 0.5) is 5.69 Å². The van der Waals surface area contributed by atoms with E-state index in [1.807, 2.05) is 0 Å². The summed E-state index contributed by atoms with van der Waals surface area (Å²) in [5, 5.41) is 8.97. The van der Waals surface area contributed by atoms with E-state index in [0.717, 1.165) is 24.2 Å². The van der Waals surface area contributed by atoms with E-state index < -0.39 is 0 Å². The maximum absolute atomic E-state index is 8.97. The smallest absolute Gasteiger partial charge is 0.122 e. The van der Waals surface area contributed by atoms with Gasteiger partial charge >= 0.3 is 0 Å². The largest absolute Gasteiger partial charge is 0.397 e. The van der Waals surface area contributed by atoms with Crippen molar-refractivity contribution in [2.75, 3.05) is 5.73 Å². The lowest BCUT2D eigenvalue weighted by molar-refractivity contribution is 0.512. The SMILES string of the molecule is CCc1c(N)cc(C#N)n1[C@@H](C)CC. The molecule has 0 saturated carbocycles. The second-order valence-electron chi connectivity index (χ2n) is 3.52. The lowest BCUT2D eigenvalue weighted by atomic mass is 10.2. The van der Waals surface area contributed by atoms with E-state index in [1.54, 1.807) is 6.07 Å². The minimum atomic E-state index is 0.344. The van der Waals surface area contributed by atoms with Crippen LogP contribution in [-0.4, -0.2) is 4.57 Å². The summed E-state index contributed by atoms with van der Waals surface area (Å²) in [7, 11) is 0. The Hall–Kier alpha value is -1.43. The van der Waals surface area contributed by atoms with Crippen molar-refractivity contribution in [2.24, 2.45) is 0 Å². The van der Waals surface area contributed by atoms with Crippen LogP contribution < -0.4 is 5.73 Å². The summed E-state index contributed by atoms with van der Waals surface area (Å²) in [6, 6.07) is 4.30. The van der Waals surface area contributed by atoms with E-state index in [9.17, 15) is 0 Å². The van der Waals surface area contributed by atoms with Crippen LogP contribution in [0.15, 0.2) is 6.07 Å². The summed E-state index contributed by atoms with van der Waals surface area (Å²) in [6.45, 7) is 6.28. The molecule has 0 radical (unpaired) electrons. The van der Waals surface area contributed by atoms with Gasteiger partial charge in [0.05, 0.1) is 5.69 Å². The molecule has 76 valence electrons. The molecule has 2 N–H and O–H groups in total. The highest BCUT2D eigenvalue weighted by molar-refractivity contribution is 5.51. The van der Waals surface area contributed by atoms with E-state index in [4.69, 9.17) is 11.0 Å². The third-order valence-corrected chi connectivity index (χ3v) is 2.66. The molecule has 1 heterocycles. The Morgan fingerprint density at radius 3 is 2.64 bits per heavy atom. The summed E-state index contributed by atoms with van der Waals surface area (Å²) < 4.78 is 2.05. The van der Waals surface area contributed by atoms with Gasteiger partial charge in [-0.3, -0.25) is 0 Å². The average Bonchev–Trinajstić information content (AvgIpc) is 2.53. The monoisotopic (exact) mass is 191 g/mol. The Bertz CT molecular complexity index is 357. The van der Waals surface area contributed by atoms with Crippen LogP contribution in [0.2, 0.25) is 0 Å². The van der Waals surface area contributed by atoms with Crippen molar-refractivity contribution < 1.29 is 0 Å². The first-order chi connectivity index (χ1) is 6.65. The molecule has 1 aromatic heterocycles. The highest BCUT2D eigenvalue weighted by Crippen LogP contribution is 2.24. The van der Waals surface area contributed by atoms with Crippen LogP contribution in [0.1, 0.15) is 44.6 Å². The first-order valence-electron chi connectivity index (χ1n) is 5.05. The average molecular weight is 191 g/mol. The van der Waals surface area contributed by atoms with Gasteiger partial charge in [-0.15, -0.1) is 0 Å². The minimum absolute atomic E-state index is 0.344. The number of hydrogen-bond acceptors (Lipinski definition) is 2. The number of nitriles is 1. The Labute approximate surface area is 85.1 Å². The molecule has 3 heteroatoms. The minimum Gasteiger partial charge on any atom is -0.397 e. The van der Waals surface area contributed by atoms with Gasteiger partial charge in [0.1, 0.15) is 11.8 Å². The molecular weight excluding hydrogens is 174 g/mol. The normalized spacial score (nSPS) is 12.4. The van der Waals surface area contributed by atoms with Gasteiger partial charge in [0, 0.05) is 11.7 Å². The molecule has 1 atom stereocenters. The van der Waals surface area contributed by atoms with Gasteiger partial charge in [-0.25, -0.2) is 0 Å². The fourth-order valence-corrected chi connectivity index (χ4v) is 1.73. The maximum Gasteiger partial charge on any atom is 0.122 e. The Morgan fingerprint density at radius 1 is 1.57 bits per heavy atom. The molecule has 0 fully saturated rings. The van der Waals surface area contributed by atoms with E-state index in [-0.39, 0.29) is 0 Å². The number of hydrogen-bond donors (Lipinski definition) is 1. The molecule has 0 aliphatic carbocycles. The van der Waals surface area contributed by atoms with Crippen LogP contribution in [0.5, 0.6) is 0 Å². The Kier molecular flexibility index (Phi) is 3.19. The van der Waals surface area contributed by atoms with Gasteiger partial charge < -0.3 is 10.3 Å². The maximum atomic E-state index is 8.97. The lowest BCUT2D eigenvalue weighted by Crippen LogP contribution is -2.10. The van der Waals surface area contributed by atoms with Crippen molar-refractivity contribution in [3.05, 3.63) is 17.5 Å². The van der Waals surface area contributed by atoms with Gasteiger partial charge in [0.2, 0.25) is 0 Å². The predicted molar refractivity (Wildman–Crippen MR) is 57.9 cm³/mol. The van der Waals surface area contributed by atoms with Gasteiger partial charge in [0.15, 0.2) is 0 Å². The van der Waals surface area contributed by atoms with Crippen molar-refractivity contribution >= 4 is 5.69 Å². The first kappa shape index (κ1) is 10.6. The van der Waals surface area contributed by atoms with Gasteiger partial charge in [-0.1, -0.05) is 13.8 Å². The van der Waals surface area contributed by atoms with Gasteiger partial charge in [-0.2, -0.15) is 5.26 Å². The van der Waals surface area contributed by atoms with Gasteiger partial charge in [0.25, 0.3) is 0 Å². The molecule has 0 saturated heterocycles. The second kappa shape index (κ2) is 4.19. The third kappa shape index (κ3) is 1.60. The van der Waals surface area contributed by atoms with E-state index in [1.165, 1.54) is 0 Å². The van der Waals surface area contributed by atoms with Crippen molar-refractivity contribution in [1.29, 1.82) is 5.26 Å². The highest BCUT2D eigenvalue weighted by Gasteiger charge is 2.14. The molecule has 1 rings (SSSR count). The van der Waals surface area contributed by atoms with Crippen LogP contribution in [-0.2, 0) is 6.42 Å². The van der Waals surface area contributed by atoms with E-state index in [2.05, 4.69) is 31.4 Å². The Balaban J connectivity index is 3.29. The van der Waals surface area contributed by atoms with Crippen molar-refractivity contribution in [2.45, 2.75) is 39.7 Å². The zero-order chi connectivity index (χ0) is 10.7. The fraction of sp³-hybridized carbons (Fsp3) is 0.545. The highest BCUT2D eigenvalue weighted by atomic mass is 15.0. The third-order valence-electron chi connectivity index (χ3n) is 2.66. The zero-order valence-corrected chi connectivity index (χ0v) is 9.04. The number of nitrogens with zero attached hydrogens (tertiary/aromatic N) is 2. The molecule has 0 unspecified atom stereocenters. The summed E-state index contributed by atoms with van der Waals surface area (Å²) in [5.74, 6) is 0. The van der Waals surface area contributed by atoms with E-state index in [0.29, 0.717) is 11.7 Å². The number of rotatable bonds is 3. The van der Waals surface area contributed by atoms with E-state index >= 15 is 0 Å². The van der Waals surface area contributed by atoms with Gasteiger partial charge in [-0.05, 0) is 25.8 Å². The van der Waals surface area contributed by atoms with Crippen molar-refractivity contribution in [3.63, 3.8) is 0 Å². The number of nitrogens with two attached hydrogens (primary N) is 1. The summed E-state index contributed by atoms with van der Waals surface area (Å²) >= 11 is 0. The molecule has 14 heavy (non-hydrogen) atoms. The van der Waals surface area contributed by atoms with Crippen molar-refractivity contribution in [1.82, 2.24) is 4.57 Å². The molecule has 0 aliphatic heterocycles. The standard InChI is InChI=1S/C11H17N3/c1-4-8(3)14-9(7-12)6-10(13)11(14)5-2/h6,8H,4-5,13H2,1-3H3/t8-/m0/s1. The Morgan fingerprint density at radius 2 is 2.21 bits per heavy atom. The molecule has 0 bridgehead atoms. The molecular formula is C11H17N3. The summed E-state index contributed by atoms with van der Waals surface area (Å²) in [4.78, 5) is 0. The van der Waals surface area contributed by atoms with Crippen LogP contribution >= 0.6 is 0 Å². The predicted octanol–water partition coefficient (Wildman–Crippen LogP) is 2.48. The molecule has 1 aromatic rings. The van der Waals surface area contributed by atoms with Crippen LogP contribution in [0, 0.1) is 11.3 Å². The van der Waals surface area contributed by atoms with Crippen LogP contribution in [0.3, 0.4) is 0 Å². The topological polar surface area (TPSA) is 54.7 Å². The number of aromatic nitrogens is 1. The number of anilines is 1. The fourth-order valence-electron chi connectivity index (χ4n) is 1.73. The number of nitrogen functional groups attached to an aromatic ring is 1. The molecule has 3 nitrogen and oxygen atoms in total. The zero-order valence-electron chi connectivity index (χ0n) is 9.04. The molecule has 0 aliphatic rings. The quantitative estimate of drug-likeness (QED) is 0.798. The molecule has 0 amide bonds.